The Labute approximate surface area is 154 Å². The van der Waals surface area contributed by atoms with Crippen molar-refractivity contribution >= 4 is 12.0 Å². The number of aromatic nitrogens is 2. The highest BCUT2D eigenvalue weighted by atomic mass is 16.6. The lowest BCUT2D eigenvalue weighted by Gasteiger charge is -2.37. The van der Waals surface area contributed by atoms with Crippen LogP contribution in [0.3, 0.4) is 0 Å². The van der Waals surface area contributed by atoms with Crippen LogP contribution < -0.4 is 0 Å². The molecule has 1 atom stereocenters. The van der Waals surface area contributed by atoms with Crippen molar-refractivity contribution in [1.82, 2.24) is 19.8 Å². The Kier molecular flexibility index (Phi) is 5.16. The largest absolute Gasteiger partial charge is 0.441 e. The van der Waals surface area contributed by atoms with Crippen LogP contribution in [0.5, 0.6) is 0 Å². The Morgan fingerprint density at radius 1 is 1.31 bits per heavy atom. The Balaban J connectivity index is 1.64. The highest BCUT2D eigenvalue weighted by Crippen LogP contribution is 2.35. The summed E-state index contributed by atoms with van der Waals surface area (Å²) < 4.78 is 5.77. The lowest BCUT2D eigenvalue weighted by Crippen LogP contribution is -2.49. The van der Waals surface area contributed by atoms with Crippen LogP contribution in [0, 0.1) is 13.8 Å². The van der Waals surface area contributed by atoms with Crippen molar-refractivity contribution in [1.29, 1.82) is 0 Å². The van der Waals surface area contributed by atoms with E-state index in [9.17, 15) is 9.59 Å². The molecule has 0 aliphatic carbocycles. The quantitative estimate of drug-likeness (QED) is 0.825. The minimum Gasteiger partial charge on any atom is -0.441 e. The Morgan fingerprint density at radius 3 is 2.62 bits per heavy atom. The Hall–Kier alpha value is -2.18. The standard InChI is InChI=1S/C19H28N4O3/c1-5-6-14(3)23-12-19(26-18(23)25)7-9-22(10-8-19)17(24)16-11-13(2)20-15(4)21-16/h11,14H,5-10,12H2,1-4H3. The molecule has 7 heteroatoms. The summed E-state index contributed by atoms with van der Waals surface area (Å²) in [6.07, 6.45) is 3.14. The number of nitrogens with zero attached hydrogens (tertiary/aromatic N) is 4. The molecule has 2 aliphatic rings. The monoisotopic (exact) mass is 360 g/mol. The molecular weight excluding hydrogens is 332 g/mol. The van der Waals surface area contributed by atoms with Crippen LogP contribution in [0.2, 0.25) is 0 Å². The second-order valence-electron chi connectivity index (χ2n) is 7.55. The molecule has 0 N–H and O–H groups in total. The molecular formula is C19H28N4O3. The predicted octanol–water partition coefficient (Wildman–Crippen LogP) is 2.71. The van der Waals surface area contributed by atoms with Crippen LogP contribution in [-0.2, 0) is 4.74 Å². The van der Waals surface area contributed by atoms with E-state index in [1.165, 1.54) is 0 Å². The van der Waals surface area contributed by atoms with Crippen molar-refractivity contribution in [2.45, 2.75) is 65.0 Å². The van der Waals surface area contributed by atoms with E-state index in [2.05, 4.69) is 23.8 Å². The second kappa shape index (κ2) is 7.21. The molecule has 0 bridgehead atoms. The van der Waals surface area contributed by atoms with Gasteiger partial charge in [-0.3, -0.25) is 4.79 Å². The first-order valence-electron chi connectivity index (χ1n) is 9.45. The smallest absolute Gasteiger partial charge is 0.410 e. The normalized spacial score (nSPS) is 20.4. The van der Waals surface area contributed by atoms with Crippen LogP contribution in [0.1, 0.15) is 61.5 Å². The summed E-state index contributed by atoms with van der Waals surface area (Å²) in [5.74, 6) is 0.529. The first kappa shape index (κ1) is 18.6. The van der Waals surface area contributed by atoms with Gasteiger partial charge >= 0.3 is 6.09 Å². The summed E-state index contributed by atoms with van der Waals surface area (Å²) in [7, 11) is 0. The lowest BCUT2D eigenvalue weighted by molar-refractivity contribution is 0.00287. The van der Waals surface area contributed by atoms with Gasteiger partial charge in [0.25, 0.3) is 5.91 Å². The number of ether oxygens (including phenoxy) is 1. The van der Waals surface area contributed by atoms with Gasteiger partial charge in [-0.25, -0.2) is 14.8 Å². The number of carbonyl (C=O) groups is 2. The first-order valence-corrected chi connectivity index (χ1v) is 9.45. The van der Waals surface area contributed by atoms with Gasteiger partial charge in [-0.15, -0.1) is 0 Å². The van der Waals surface area contributed by atoms with E-state index in [4.69, 9.17) is 4.74 Å². The van der Waals surface area contributed by atoms with Crippen molar-refractivity contribution in [2.75, 3.05) is 19.6 Å². The Bertz CT molecular complexity index is 678. The lowest BCUT2D eigenvalue weighted by atomic mass is 9.90. The molecule has 1 unspecified atom stereocenters. The molecule has 2 amide bonds. The number of aryl methyl sites for hydroxylation is 2. The van der Waals surface area contributed by atoms with Gasteiger partial charge in [0.1, 0.15) is 17.1 Å². The topological polar surface area (TPSA) is 75.6 Å². The third kappa shape index (κ3) is 3.66. The minimum absolute atomic E-state index is 0.0750. The van der Waals surface area contributed by atoms with Crippen LogP contribution in [0.15, 0.2) is 6.07 Å². The van der Waals surface area contributed by atoms with E-state index in [0.717, 1.165) is 18.5 Å². The van der Waals surface area contributed by atoms with E-state index in [-0.39, 0.29) is 18.0 Å². The van der Waals surface area contributed by atoms with Crippen LogP contribution in [-0.4, -0.2) is 63.0 Å². The minimum atomic E-state index is -0.451. The predicted molar refractivity (Wildman–Crippen MR) is 96.9 cm³/mol. The fourth-order valence-electron chi connectivity index (χ4n) is 3.93. The summed E-state index contributed by atoms with van der Waals surface area (Å²) in [6, 6.07) is 1.92. The van der Waals surface area contributed by atoms with Gasteiger partial charge in [-0.1, -0.05) is 13.3 Å². The van der Waals surface area contributed by atoms with E-state index < -0.39 is 5.60 Å². The highest BCUT2D eigenvalue weighted by molar-refractivity contribution is 5.92. The zero-order valence-corrected chi connectivity index (χ0v) is 16.1. The number of carbonyl (C=O) groups excluding carboxylic acids is 2. The molecule has 0 saturated carbocycles. The summed E-state index contributed by atoms with van der Waals surface area (Å²) in [4.78, 5) is 37.2. The summed E-state index contributed by atoms with van der Waals surface area (Å²) in [5.41, 5.74) is 0.778. The number of rotatable bonds is 4. The molecule has 2 saturated heterocycles. The maximum absolute atomic E-state index is 12.7. The van der Waals surface area contributed by atoms with Gasteiger partial charge in [0, 0.05) is 37.7 Å². The number of hydrogen-bond donors (Lipinski definition) is 0. The van der Waals surface area contributed by atoms with Gasteiger partial charge in [0.2, 0.25) is 0 Å². The van der Waals surface area contributed by atoms with Crippen LogP contribution in [0.4, 0.5) is 4.79 Å². The fraction of sp³-hybridized carbons (Fsp3) is 0.684. The molecule has 2 aliphatic heterocycles. The molecule has 3 rings (SSSR count). The van der Waals surface area contributed by atoms with Crippen LogP contribution >= 0.6 is 0 Å². The molecule has 1 aromatic heterocycles. The number of likely N-dealkylation sites (tertiary alicyclic amines) is 1. The average molecular weight is 360 g/mol. The highest BCUT2D eigenvalue weighted by Gasteiger charge is 2.48. The van der Waals surface area contributed by atoms with Crippen molar-refractivity contribution in [3.8, 4) is 0 Å². The van der Waals surface area contributed by atoms with Gasteiger partial charge < -0.3 is 14.5 Å². The van der Waals surface area contributed by atoms with E-state index in [0.29, 0.717) is 44.0 Å². The summed E-state index contributed by atoms with van der Waals surface area (Å²) >= 11 is 0. The van der Waals surface area contributed by atoms with Gasteiger partial charge in [0.15, 0.2) is 0 Å². The number of piperidine rings is 1. The van der Waals surface area contributed by atoms with E-state index >= 15 is 0 Å². The van der Waals surface area contributed by atoms with Crippen LogP contribution in [0.25, 0.3) is 0 Å². The SMILES string of the molecule is CCCC(C)N1CC2(CCN(C(=O)c3cc(C)nc(C)n3)CC2)OC1=O. The third-order valence-corrected chi connectivity index (χ3v) is 5.38. The molecule has 7 nitrogen and oxygen atoms in total. The Morgan fingerprint density at radius 2 is 2.00 bits per heavy atom. The maximum Gasteiger partial charge on any atom is 0.410 e. The van der Waals surface area contributed by atoms with Crippen molar-refractivity contribution < 1.29 is 14.3 Å². The molecule has 2 fully saturated rings. The van der Waals surface area contributed by atoms with Crippen molar-refractivity contribution in [3.63, 3.8) is 0 Å². The van der Waals surface area contributed by atoms with E-state index in [1.807, 2.05) is 11.8 Å². The fourth-order valence-corrected chi connectivity index (χ4v) is 3.93. The average Bonchev–Trinajstić information content (AvgIpc) is 2.90. The number of amides is 2. The summed E-state index contributed by atoms with van der Waals surface area (Å²) in [5, 5.41) is 0. The maximum atomic E-state index is 12.7. The summed E-state index contributed by atoms with van der Waals surface area (Å²) in [6.45, 7) is 9.62. The number of hydrogen-bond acceptors (Lipinski definition) is 5. The molecule has 142 valence electrons. The molecule has 1 spiro atoms. The van der Waals surface area contributed by atoms with Gasteiger partial charge in [0.05, 0.1) is 6.54 Å². The molecule has 0 radical (unpaired) electrons. The van der Waals surface area contributed by atoms with Crippen molar-refractivity contribution in [3.05, 3.63) is 23.3 Å². The van der Waals surface area contributed by atoms with E-state index in [1.54, 1.807) is 17.9 Å². The first-order chi connectivity index (χ1) is 12.3. The molecule has 0 aromatic carbocycles. The zero-order chi connectivity index (χ0) is 18.9. The third-order valence-electron chi connectivity index (χ3n) is 5.38. The second-order valence-corrected chi connectivity index (χ2v) is 7.55. The van der Waals surface area contributed by atoms with Gasteiger partial charge in [-0.2, -0.15) is 0 Å². The molecule has 26 heavy (non-hydrogen) atoms. The zero-order valence-electron chi connectivity index (χ0n) is 16.1. The van der Waals surface area contributed by atoms with Gasteiger partial charge in [-0.05, 0) is 33.3 Å². The molecule has 1 aromatic rings. The van der Waals surface area contributed by atoms with Crippen molar-refractivity contribution in [2.24, 2.45) is 0 Å². The molecule has 3 heterocycles.